The second kappa shape index (κ2) is 5.67. The number of rotatable bonds is 5. The Balaban J connectivity index is 2.49. The summed E-state index contributed by atoms with van der Waals surface area (Å²) in [7, 11) is 0. The monoisotopic (exact) mass is 259 g/mol. The molecule has 0 unspecified atom stereocenters. The summed E-state index contributed by atoms with van der Waals surface area (Å²) in [6.45, 7) is 2.16. The molecule has 17 heavy (non-hydrogen) atoms. The summed E-state index contributed by atoms with van der Waals surface area (Å²) in [4.78, 5) is 0. The predicted octanol–water partition coefficient (Wildman–Crippen LogP) is 4.48. The third-order valence-corrected chi connectivity index (χ3v) is 3.41. The first-order valence-electron chi connectivity index (χ1n) is 5.31. The summed E-state index contributed by atoms with van der Waals surface area (Å²) in [6, 6.07) is 6.05. The van der Waals surface area contributed by atoms with Crippen LogP contribution in [0.2, 0.25) is 0 Å². The Morgan fingerprint density at radius 2 is 1.71 bits per heavy atom. The van der Waals surface area contributed by atoms with Gasteiger partial charge in [-0.05, 0) is 25.2 Å². The van der Waals surface area contributed by atoms with Gasteiger partial charge in [0.1, 0.15) is 0 Å². The molecule has 94 valence electrons. The maximum Gasteiger partial charge on any atom is 0.505 e. The molecule has 0 fully saturated rings. The highest BCUT2D eigenvalue weighted by Gasteiger charge is 2.26. The second-order valence-corrected chi connectivity index (χ2v) is 5.21. The minimum atomic E-state index is -4.88. The van der Waals surface area contributed by atoms with Crippen molar-refractivity contribution in [3.8, 4) is 0 Å². The molecule has 0 spiro atoms. The van der Waals surface area contributed by atoms with E-state index in [2.05, 4.69) is 6.58 Å². The first-order valence-corrected chi connectivity index (χ1v) is 6.47. The molecule has 0 aliphatic carbocycles. The minimum Gasteiger partial charge on any atom is -0.445 e. The summed E-state index contributed by atoms with van der Waals surface area (Å²) in [5, 5.41) is 0. The highest BCUT2D eigenvalue weighted by atomic mass is 32.2. The molecule has 0 aromatic heterocycles. The van der Waals surface area contributed by atoms with Crippen LogP contribution in [0, 0.1) is 13.8 Å². The predicted molar refractivity (Wildman–Crippen MR) is 70.3 cm³/mol. The molecule has 0 atom stereocenters. The lowest BCUT2D eigenvalue weighted by Crippen LogP contribution is -2.20. The van der Waals surface area contributed by atoms with Gasteiger partial charge in [0, 0.05) is 5.75 Å². The van der Waals surface area contributed by atoms with Crippen molar-refractivity contribution in [2.45, 2.75) is 19.6 Å². The lowest BCUT2D eigenvalue weighted by atomic mass is 9.82. The summed E-state index contributed by atoms with van der Waals surface area (Å²) in [6.07, 6.45) is 0. The molecule has 1 aromatic rings. The zero-order valence-electron chi connectivity index (χ0n) is 9.97. The normalized spacial score (nSPS) is 11.6. The number of benzene rings is 1. The van der Waals surface area contributed by atoms with Crippen molar-refractivity contribution in [3.63, 3.8) is 0 Å². The van der Waals surface area contributed by atoms with Crippen molar-refractivity contribution >= 4 is 18.7 Å². The molecule has 1 rings (SSSR count). The third kappa shape index (κ3) is 4.90. The van der Waals surface area contributed by atoms with Crippen LogP contribution in [0.1, 0.15) is 16.7 Å². The van der Waals surface area contributed by atoms with Gasteiger partial charge < -0.3 is 12.9 Å². The molecule has 1 aromatic carbocycles. The van der Waals surface area contributed by atoms with Gasteiger partial charge in [-0.3, -0.25) is 0 Å². The van der Waals surface area contributed by atoms with Crippen molar-refractivity contribution in [1.82, 2.24) is 0 Å². The zero-order valence-corrected chi connectivity index (χ0v) is 10.8. The molecule has 0 heterocycles. The van der Waals surface area contributed by atoms with E-state index >= 15 is 0 Å². The van der Waals surface area contributed by atoms with Gasteiger partial charge in [0.05, 0.1) is 0 Å². The molecule has 5 heteroatoms. The number of aryl methyl sites for hydroxylation is 2. The molecular formula is C12H15BF3S-. The van der Waals surface area contributed by atoms with E-state index in [1.165, 1.54) is 11.8 Å². The molecule has 0 aliphatic rings. The summed E-state index contributed by atoms with van der Waals surface area (Å²) < 4.78 is 36.8. The highest BCUT2D eigenvalue weighted by Crippen LogP contribution is 2.24. The van der Waals surface area contributed by atoms with E-state index in [0.717, 1.165) is 16.7 Å². The van der Waals surface area contributed by atoms with Gasteiger partial charge >= 0.3 is 6.98 Å². The quantitative estimate of drug-likeness (QED) is 0.702. The molecule has 0 amide bonds. The standard InChI is InChI=1S/C12H15BF3S/c1-9-4-10(2)6-12(5-9)8-17-7-11(3)13(14,15)16/h4-6H,3,7-8H2,1-2H3/q-1. The third-order valence-electron chi connectivity index (χ3n) is 2.30. The Hall–Kier alpha value is -0.835. The first-order chi connectivity index (χ1) is 7.79. The average Bonchev–Trinajstić information content (AvgIpc) is 2.14. The molecule has 0 bridgehead atoms. The van der Waals surface area contributed by atoms with Crippen molar-refractivity contribution in [1.29, 1.82) is 0 Å². The molecule has 0 aliphatic heterocycles. The Bertz CT molecular complexity index is 392. The molecule has 0 N–H and O–H groups in total. The van der Waals surface area contributed by atoms with E-state index in [9.17, 15) is 12.9 Å². The van der Waals surface area contributed by atoms with Crippen LogP contribution in [0.4, 0.5) is 12.9 Å². The van der Waals surface area contributed by atoms with Gasteiger partial charge in [-0.25, -0.2) is 0 Å². The smallest absolute Gasteiger partial charge is 0.445 e. The number of thioether (sulfide) groups is 1. The van der Waals surface area contributed by atoms with E-state index in [0.29, 0.717) is 5.75 Å². The van der Waals surface area contributed by atoms with E-state index in [4.69, 9.17) is 0 Å². The van der Waals surface area contributed by atoms with Crippen LogP contribution in [0.3, 0.4) is 0 Å². The number of halogens is 3. The van der Waals surface area contributed by atoms with E-state index < -0.39 is 12.4 Å². The lowest BCUT2D eigenvalue weighted by Gasteiger charge is -2.17. The summed E-state index contributed by atoms with van der Waals surface area (Å²) in [5.41, 5.74) is 2.73. The summed E-state index contributed by atoms with van der Waals surface area (Å²) in [5.74, 6) is 0.546. The van der Waals surface area contributed by atoms with Crippen LogP contribution in [0.15, 0.2) is 30.3 Å². The lowest BCUT2D eigenvalue weighted by molar-refractivity contribution is 0.491. The van der Waals surface area contributed by atoms with Gasteiger partial charge in [-0.1, -0.05) is 29.3 Å². The number of hydrogen-bond acceptors (Lipinski definition) is 1. The maximum absolute atomic E-state index is 12.3. The van der Waals surface area contributed by atoms with Crippen molar-refractivity contribution in [2.75, 3.05) is 5.75 Å². The van der Waals surface area contributed by atoms with Gasteiger partial charge in [-0.2, -0.15) is 11.8 Å². The van der Waals surface area contributed by atoms with Crippen molar-refractivity contribution < 1.29 is 12.9 Å². The van der Waals surface area contributed by atoms with Crippen LogP contribution in [-0.2, 0) is 5.75 Å². The van der Waals surface area contributed by atoms with Crippen LogP contribution < -0.4 is 0 Å². The van der Waals surface area contributed by atoms with Gasteiger partial charge in [0.2, 0.25) is 0 Å². The Kier molecular flexibility index (Phi) is 4.75. The summed E-state index contributed by atoms with van der Waals surface area (Å²) >= 11 is 1.25. The molecule has 0 saturated carbocycles. The van der Waals surface area contributed by atoms with E-state index in [1.807, 2.05) is 32.0 Å². The highest BCUT2D eigenvalue weighted by molar-refractivity contribution is 7.98. The van der Waals surface area contributed by atoms with E-state index in [1.54, 1.807) is 0 Å². The largest absolute Gasteiger partial charge is 0.505 e. The SMILES string of the molecule is C=C(CSCc1cc(C)cc(C)c1)[B-](F)(F)F. The maximum atomic E-state index is 12.3. The Morgan fingerprint density at radius 1 is 1.18 bits per heavy atom. The fourth-order valence-electron chi connectivity index (χ4n) is 1.55. The minimum absolute atomic E-state index is 0.0451. The van der Waals surface area contributed by atoms with Gasteiger partial charge in [-0.15, -0.1) is 12.1 Å². The van der Waals surface area contributed by atoms with Gasteiger partial charge in [0.15, 0.2) is 0 Å². The molecule has 0 nitrogen and oxygen atoms in total. The fourth-order valence-corrected chi connectivity index (χ4v) is 2.50. The van der Waals surface area contributed by atoms with Crippen molar-refractivity contribution in [3.05, 3.63) is 46.9 Å². The fraction of sp³-hybridized carbons (Fsp3) is 0.333. The van der Waals surface area contributed by atoms with E-state index in [-0.39, 0.29) is 5.75 Å². The first kappa shape index (κ1) is 14.2. The van der Waals surface area contributed by atoms with Crippen LogP contribution in [0.25, 0.3) is 0 Å². The topological polar surface area (TPSA) is 0 Å². The molecule has 0 saturated heterocycles. The Labute approximate surface area is 104 Å². The average molecular weight is 259 g/mol. The Morgan fingerprint density at radius 3 is 2.18 bits per heavy atom. The second-order valence-electron chi connectivity index (χ2n) is 4.22. The van der Waals surface area contributed by atoms with Crippen LogP contribution >= 0.6 is 11.8 Å². The van der Waals surface area contributed by atoms with Crippen LogP contribution in [0.5, 0.6) is 0 Å². The number of hydrogen-bond donors (Lipinski definition) is 0. The zero-order chi connectivity index (χ0) is 13.1. The van der Waals surface area contributed by atoms with Crippen molar-refractivity contribution in [2.24, 2.45) is 0 Å². The molecular weight excluding hydrogens is 244 g/mol. The van der Waals surface area contributed by atoms with Crippen LogP contribution in [-0.4, -0.2) is 12.7 Å². The molecule has 0 radical (unpaired) electrons. The van der Waals surface area contributed by atoms with Gasteiger partial charge in [0.25, 0.3) is 0 Å².